The van der Waals surface area contributed by atoms with Crippen LogP contribution in [-0.4, -0.2) is 24.5 Å². The minimum atomic E-state index is -3.94. The highest BCUT2D eigenvalue weighted by atomic mass is 32.2. The van der Waals surface area contributed by atoms with Crippen LogP contribution >= 0.6 is 11.3 Å². The zero-order valence-electron chi connectivity index (χ0n) is 10.5. The van der Waals surface area contributed by atoms with E-state index in [1.54, 1.807) is 12.1 Å². The van der Waals surface area contributed by atoms with Gasteiger partial charge in [0, 0.05) is 5.69 Å². The van der Waals surface area contributed by atoms with Crippen molar-refractivity contribution in [2.75, 3.05) is 4.72 Å². The molecule has 0 radical (unpaired) electrons. The second-order valence-corrected chi connectivity index (χ2v) is 6.68. The first-order chi connectivity index (χ1) is 9.44. The first kappa shape index (κ1) is 14.5. The summed E-state index contributed by atoms with van der Waals surface area (Å²) in [5.41, 5.74) is 2.19. The second kappa shape index (κ2) is 5.59. The van der Waals surface area contributed by atoms with E-state index in [4.69, 9.17) is 5.11 Å². The van der Waals surface area contributed by atoms with Crippen LogP contribution in [0, 0.1) is 0 Å². The van der Waals surface area contributed by atoms with Crippen LogP contribution in [0.4, 0.5) is 5.69 Å². The van der Waals surface area contributed by atoms with E-state index in [2.05, 4.69) is 9.71 Å². The number of carbonyl (C=O) groups is 1. The summed E-state index contributed by atoms with van der Waals surface area (Å²) in [6, 6.07) is 6.89. The van der Waals surface area contributed by atoms with Crippen molar-refractivity contribution in [2.45, 2.75) is 17.6 Å². The minimum Gasteiger partial charge on any atom is -0.476 e. The predicted molar refractivity (Wildman–Crippen MR) is 75.7 cm³/mol. The largest absolute Gasteiger partial charge is 0.476 e. The lowest BCUT2D eigenvalue weighted by Crippen LogP contribution is -2.15. The summed E-state index contributed by atoms with van der Waals surface area (Å²) >= 11 is 0.769. The monoisotopic (exact) mass is 312 g/mol. The highest BCUT2D eigenvalue weighted by Gasteiger charge is 2.25. The standard InChI is InChI=1S/C12H12N2O4S2/c1-2-8-3-5-9(6-4-8)14-20(17,18)12-10(11(15)16)13-7-19-12/h3-7,14H,2H2,1H3,(H,15,16). The molecule has 1 aromatic carbocycles. The fraction of sp³-hybridized carbons (Fsp3) is 0.167. The predicted octanol–water partition coefficient (Wildman–Crippen LogP) is 2.20. The summed E-state index contributed by atoms with van der Waals surface area (Å²) in [6.07, 6.45) is 0.852. The molecule has 0 unspecified atom stereocenters. The summed E-state index contributed by atoms with van der Waals surface area (Å²) in [4.78, 5) is 14.5. The van der Waals surface area contributed by atoms with E-state index < -0.39 is 21.7 Å². The van der Waals surface area contributed by atoms with E-state index in [1.807, 2.05) is 19.1 Å². The van der Waals surface area contributed by atoms with Crippen LogP contribution in [0.5, 0.6) is 0 Å². The van der Waals surface area contributed by atoms with E-state index in [1.165, 1.54) is 5.51 Å². The molecule has 0 aliphatic carbocycles. The zero-order valence-corrected chi connectivity index (χ0v) is 12.2. The van der Waals surface area contributed by atoms with Crippen molar-refractivity contribution < 1.29 is 18.3 Å². The Labute approximate surface area is 120 Å². The van der Waals surface area contributed by atoms with Gasteiger partial charge in [0.25, 0.3) is 10.0 Å². The summed E-state index contributed by atoms with van der Waals surface area (Å²) in [6.45, 7) is 2.00. The molecule has 0 amide bonds. The van der Waals surface area contributed by atoms with Crippen molar-refractivity contribution in [3.05, 3.63) is 41.0 Å². The fourth-order valence-corrected chi connectivity index (χ4v) is 3.78. The van der Waals surface area contributed by atoms with Crippen molar-refractivity contribution >= 4 is 33.0 Å². The van der Waals surface area contributed by atoms with Gasteiger partial charge in [-0.15, -0.1) is 11.3 Å². The van der Waals surface area contributed by atoms with E-state index in [0.29, 0.717) is 5.69 Å². The molecular formula is C12H12N2O4S2. The summed E-state index contributed by atoms with van der Waals surface area (Å²) in [5.74, 6) is -1.37. The molecule has 1 heterocycles. The van der Waals surface area contributed by atoms with Gasteiger partial charge < -0.3 is 5.11 Å². The molecule has 0 aliphatic heterocycles. The molecule has 0 aliphatic rings. The second-order valence-electron chi connectivity index (χ2n) is 3.95. The van der Waals surface area contributed by atoms with Gasteiger partial charge in [0.15, 0.2) is 9.90 Å². The maximum absolute atomic E-state index is 12.1. The van der Waals surface area contributed by atoms with Crippen LogP contribution in [0.3, 0.4) is 0 Å². The van der Waals surface area contributed by atoms with Gasteiger partial charge in [-0.2, -0.15) is 0 Å². The van der Waals surface area contributed by atoms with E-state index in [0.717, 1.165) is 23.3 Å². The first-order valence-corrected chi connectivity index (χ1v) is 8.09. The molecule has 6 nitrogen and oxygen atoms in total. The quantitative estimate of drug-likeness (QED) is 0.882. The maximum Gasteiger partial charge on any atom is 0.356 e. The SMILES string of the molecule is CCc1ccc(NS(=O)(=O)c2scnc2C(=O)O)cc1. The number of nitrogens with one attached hydrogen (secondary N) is 1. The third-order valence-corrected chi connectivity index (χ3v) is 5.35. The highest BCUT2D eigenvalue weighted by molar-refractivity contribution is 7.94. The van der Waals surface area contributed by atoms with Crippen molar-refractivity contribution in [3.8, 4) is 0 Å². The van der Waals surface area contributed by atoms with Gasteiger partial charge in [-0.3, -0.25) is 4.72 Å². The third-order valence-electron chi connectivity index (χ3n) is 2.60. The number of hydrogen-bond acceptors (Lipinski definition) is 5. The third kappa shape index (κ3) is 2.97. The van der Waals surface area contributed by atoms with E-state index in [-0.39, 0.29) is 4.21 Å². The molecule has 0 fully saturated rings. The summed E-state index contributed by atoms with van der Waals surface area (Å²) in [5, 5.41) is 8.90. The highest BCUT2D eigenvalue weighted by Crippen LogP contribution is 2.23. The molecule has 2 N–H and O–H groups in total. The minimum absolute atomic E-state index is 0.301. The number of anilines is 1. The molecule has 8 heteroatoms. The van der Waals surface area contributed by atoms with E-state index >= 15 is 0 Å². The normalized spacial score (nSPS) is 11.2. The summed E-state index contributed by atoms with van der Waals surface area (Å²) < 4.78 is 26.3. The molecule has 0 spiro atoms. The number of hydrogen-bond donors (Lipinski definition) is 2. The smallest absolute Gasteiger partial charge is 0.356 e. The van der Waals surface area contributed by atoms with Crippen molar-refractivity contribution in [1.82, 2.24) is 4.98 Å². The van der Waals surface area contributed by atoms with E-state index in [9.17, 15) is 13.2 Å². The number of carboxylic acid groups (broad SMARTS) is 1. The van der Waals surface area contributed by atoms with Gasteiger partial charge in [-0.05, 0) is 24.1 Å². The van der Waals surface area contributed by atoms with Gasteiger partial charge in [0.2, 0.25) is 0 Å². The maximum atomic E-state index is 12.1. The molecule has 20 heavy (non-hydrogen) atoms. The Morgan fingerprint density at radius 2 is 2.00 bits per heavy atom. The zero-order chi connectivity index (χ0) is 14.8. The molecule has 2 rings (SSSR count). The Kier molecular flexibility index (Phi) is 4.05. The molecule has 0 bridgehead atoms. The Morgan fingerprint density at radius 1 is 1.35 bits per heavy atom. The number of aromatic nitrogens is 1. The fourth-order valence-electron chi connectivity index (χ4n) is 1.58. The van der Waals surface area contributed by atoms with Crippen LogP contribution in [0.1, 0.15) is 23.0 Å². The molecule has 0 saturated heterocycles. The van der Waals surface area contributed by atoms with Gasteiger partial charge in [0.1, 0.15) is 0 Å². The topological polar surface area (TPSA) is 96.4 Å². The molecule has 1 aromatic heterocycles. The first-order valence-electron chi connectivity index (χ1n) is 5.72. The number of carboxylic acids is 1. The molecular weight excluding hydrogens is 300 g/mol. The number of thiazole rings is 1. The Morgan fingerprint density at radius 3 is 2.55 bits per heavy atom. The lowest BCUT2D eigenvalue weighted by atomic mass is 10.2. The van der Waals surface area contributed by atoms with Gasteiger partial charge in [-0.1, -0.05) is 19.1 Å². The molecule has 0 saturated carbocycles. The van der Waals surface area contributed by atoms with Crippen molar-refractivity contribution in [3.63, 3.8) is 0 Å². The van der Waals surface area contributed by atoms with Gasteiger partial charge in [-0.25, -0.2) is 18.2 Å². The Bertz CT molecular complexity index is 720. The number of nitrogens with zero attached hydrogens (tertiary/aromatic N) is 1. The number of sulfonamides is 1. The van der Waals surface area contributed by atoms with Crippen LogP contribution < -0.4 is 4.72 Å². The molecule has 0 atom stereocenters. The lowest BCUT2D eigenvalue weighted by Gasteiger charge is -2.07. The summed E-state index contributed by atoms with van der Waals surface area (Å²) in [7, 11) is -3.94. The lowest BCUT2D eigenvalue weighted by molar-refractivity contribution is 0.0687. The average Bonchev–Trinajstić information content (AvgIpc) is 2.89. The van der Waals surface area contributed by atoms with Crippen LogP contribution in [0.15, 0.2) is 34.0 Å². The van der Waals surface area contributed by atoms with Gasteiger partial charge in [0.05, 0.1) is 5.51 Å². The van der Waals surface area contributed by atoms with Crippen LogP contribution in [-0.2, 0) is 16.4 Å². The van der Waals surface area contributed by atoms with Crippen molar-refractivity contribution in [1.29, 1.82) is 0 Å². The number of rotatable bonds is 5. The molecule has 106 valence electrons. The number of benzene rings is 1. The Balaban J connectivity index is 2.30. The Hall–Kier alpha value is -1.93. The van der Waals surface area contributed by atoms with Crippen molar-refractivity contribution in [2.24, 2.45) is 0 Å². The average molecular weight is 312 g/mol. The number of aryl methyl sites for hydroxylation is 1. The van der Waals surface area contributed by atoms with Crippen LogP contribution in [0.25, 0.3) is 0 Å². The van der Waals surface area contributed by atoms with Gasteiger partial charge >= 0.3 is 5.97 Å². The van der Waals surface area contributed by atoms with Crippen LogP contribution in [0.2, 0.25) is 0 Å². The molecule has 2 aromatic rings. The number of aromatic carboxylic acids is 1.